The zero-order chi connectivity index (χ0) is 9.90. The smallest absolute Gasteiger partial charge is 0.159 e. The molecule has 72 valence electrons. The molecule has 0 aromatic heterocycles. The Labute approximate surface area is 80.5 Å². The fourth-order valence-corrected chi connectivity index (χ4v) is 1.45. The topological polar surface area (TPSA) is 17.1 Å². The molecule has 0 bridgehead atoms. The minimum atomic E-state index is 0.213. The number of carbonyl (C=O) groups is 1. The third-order valence-corrected chi connectivity index (χ3v) is 2.50. The molecule has 1 aliphatic carbocycles. The van der Waals surface area contributed by atoms with Crippen molar-refractivity contribution in [3.63, 3.8) is 0 Å². The Morgan fingerprint density at radius 1 is 1.31 bits per heavy atom. The Morgan fingerprint density at radius 2 is 2.00 bits per heavy atom. The minimum absolute atomic E-state index is 0.213. The molecular formula is C12H18O. The average Bonchev–Trinajstić information content (AvgIpc) is 1.94. The first kappa shape index (κ1) is 10.2. The van der Waals surface area contributed by atoms with E-state index in [0.717, 1.165) is 6.42 Å². The average molecular weight is 178 g/mol. The zero-order valence-electron chi connectivity index (χ0n) is 8.71. The molecule has 13 heavy (non-hydrogen) atoms. The lowest BCUT2D eigenvalue weighted by Crippen LogP contribution is -2.18. The van der Waals surface area contributed by atoms with E-state index < -0.39 is 0 Å². The lowest BCUT2D eigenvalue weighted by atomic mass is 9.78. The summed E-state index contributed by atoms with van der Waals surface area (Å²) in [5, 5.41) is 0. The summed E-state index contributed by atoms with van der Waals surface area (Å²) in [5.74, 6) is 0.693. The minimum Gasteiger partial charge on any atom is -0.295 e. The van der Waals surface area contributed by atoms with Gasteiger partial charge in [0.2, 0.25) is 0 Å². The van der Waals surface area contributed by atoms with E-state index in [2.05, 4.69) is 32.9 Å². The van der Waals surface area contributed by atoms with Crippen LogP contribution in [0.5, 0.6) is 0 Å². The molecule has 0 fully saturated rings. The van der Waals surface area contributed by atoms with Gasteiger partial charge < -0.3 is 0 Å². The van der Waals surface area contributed by atoms with Crippen molar-refractivity contribution in [2.45, 2.75) is 33.6 Å². The van der Waals surface area contributed by atoms with E-state index in [-0.39, 0.29) is 11.2 Å². The Kier molecular flexibility index (Phi) is 3.07. The normalized spacial score (nSPS) is 24.2. The van der Waals surface area contributed by atoms with Gasteiger partial charge in [0, 0.05) is 6.42 Å². The van der Waals surface area contributed by atoms with Gasteiger partial charge in [-0.1, -0.05) is 39.0 Å². The molecule has 1 atom stereocenters. The van der Waals surface area contributed by atoms with Crippen molar-refractivity contribution in [2.75, 3.05) is 0 Å². The van der Waals surface area contributed by atoms with Gasteiger partial charge in [-0.2, -0.15) is 0 Å². The number of carbonyl (C=O) groups excluding carboxylic acids is 1. The maximum absolute atomic E-state index is 11.2. The maximum Gasteiger partial charge on any atom is 0.159 e. The Balaban J connectivity index is 2.75. The molecule has 0 radical (unpaired) electrons. The van der Waals surface area contributed by atoms with Gasteiger partial charge in [0.05, 0.1) is 0 Å². The van der Waals surface area contributed by atoms with Gasteiger partial charge in [-0.05, 0) is 23.8 Å². The van der Waals surface area contributed by atoms with Crippen LogP contribution in [0.15, 0.2) is 24.3 Å². The molecule has 0 aliphatic heterocycles. The molecule has 1 aliphatic rings. The summed E-state index contributed by atoms with van der Waals surface area (Å²) in [7, 11) is 0. The van der Waals surface area contributed by atoms with Crippen LogP contribution in [0.3, 0.4) is 0 Å². The quantitative estimate of drug-likeness (QED) is 0.521. The van der Waals surface area contributed by atoms with E-state index >= 15 is 0 Å². The predicted octanol–water partition coefficient (Wildman–Crippen LogP) is 3.12. The van der Waals surface area contributed by atoms with Gasteiger partial charge in [0.15, 0.2) is 5.78 Å². The number of ketones is 1. The third-order valence-electron chi connectivity index (χ3n) is 2.50. The highest BCUT2D eigenvalue weighted by Crippen LogP contribution is 2.30. The van der Waals surface area contributed by atoms with Crippen LogP contribution in [0.2, 0.25) is 0 Å². The molecule has 1 heteroatoms. The molecule has 0 saturated heterocycles. The van der Waals surface area contributed by atoms with Crippen molar-refractivity contribution >= 4 is 5.78 Å². The summed E-state index contributed by atoms with van der Waals surface area (Å²) < 4.78 is 0. The number of rotatable bonds is 0. The fraction of sp³-hybridized carbons (Fsp3) is 0.583. The fourth-order valence-electron chi connectivity index (χ4n) is 1.45. The van der Waals surface area contributed by atoms with Crippen LogP contribution in [0, 0.1) is 11.3 Å². The lowest BCUT2D eigenvalue weighted by Gasteiger charge is -2.27. The van der Waals surface area contributed by atoms with Gasteiger partial charge >= 0.3 is 0 Å². The molecule has 0 heterocycles. The van der Waals surface area contributed by atoms with Crippen LogP contribution < -0.4 is 0 Å². The molecule has 0 aromatic carbocycles. The van der Waals surface area contributed by atoms with E-state index in [1.54, 1.807) is 6.08 Å². The highest BCUT2D eigenvalue weighted by molar-refractivity contribution is 5.90. The van der Waals surface area contributed by atoms with Crippen molar-refractivity contribution in [3.8, 4) is 0 Å². The summed E-state index contributed by atoms with van der Waals surface area (Å²) in [5.41, 5.74) is 0.248. The predicted molar refractivity (Wildman–Crippen MR) is 55.5 cm³/mol. The van der Waals surface area contributed by atoms with Gasteiger partial charge in [-0.15, -0.1) is 0 Å². The second-order valence-electron chi connectivity index (χ2n) is 4.71. The number of hydrogen-bond donors (Lipinski definition) is 0. The molecule has 1 nitrogen and oxygen atoms in total. The Morgan fingerprint density at radius 3 is 2.62 bits per heavy atom. The summed E-state index contributed by atoms with van der Waals surface area (Å²) in [6.07, 6.45) is 9.51. The molecule has 1 unspecified atom stereocenters. The van der Waals surface area contributed by atoms with Gasteiger partial charge in [-0.25, -0.2) is 0 Å². The van der Waals surface area contributed by atoms with Crippen LogP contribution in [0.25, 0.3) is 0 Å². The molecule has 1 rings (SSSR count). The number of allylic oxidation sites excluding steroid dienone is 4. The van der Waals surface area contributed by atoms with Crippen LogP contribution in [-0.2, 0) is 4.79 Å². The van der Waals surface area contributed by atoms with E-state index in [0.29, 0.717) is 12.3 Å². The van der Waals surface area contributed by atoms with Crippen molar-refractivity contribution in [1.82, 2.24) is 0 Å². The van der Waals surface area contributed by atoms with Crippen LogP contribution in [0.4, 0.5) is 0 Å². The molecule has 0 saturated carbocycles. The van der Waals surface area contributed by atoms with Gasteiger partial charge in [0.1, 0.15) is 0 Å². The first-order chi connectivity index (χ1) is 6.00. The van der Waals surface area contributed by atoms with E-state index in [1.165, 1.54) is 0 Å². The van der Waals surface area contributed by atoms with E-state index in [1.807, 2.05) is 6.08 Å². The largest absolute Gasteiger partial charge is 0.295 e. The van der Waals surface area contributed by atoms with Gasteiger partial charge in [0.25, 0.3) is 0 Å². The molecule has 0 aromatic rings. The summed E-state index contributed by atoms with van der Waals surface area (Å²) in [6, 6.07) is 0. The molecule has 0 spiro atoms. The van der Waals surface area contributed by atoms with Crippen LogP contribution in [-0.4, -0.2) is 5.78 Å². The lowest BCUT2D eigenvalue weighted by molar-refractivity contribution is -0.113. The molecule has 0 amide bonds. The van der Waals surface area contributed by atoms with E-state index in [9.17, 15) is 4.79 Å². The highest BCUT2D eigenvalue weighted by Gasteiger charge is 2.21. The zero-order valence-corrected chi connectivity index (χ0v) is 8.71. The third kappa shape index (κ3) is 3.17. The first-order valence-corrected chi connectivity index (χ1v) is 4.86. The van der Waals surface area contributed by atoms with Gasteiger partial charge in [-0.3, -0.25) is 4.79 Å². The summed E-state index contributed by atoms with van der Waals surface area (Å²) in [4.78, 5) is 11.2. The van der Waals surface area contributed by atoms with Crippen molar-refractivity contribution in [3.05, 3.63) is 24.3 Å². The Hall–Kier alpha value is -0.850. The second kappa shape index (κ2) is 3.91. The molecular weight excluding hydrogens is 160 g/mol. The standard InChI is InChI=1S/C12H18O/c1-12(2,3)10-6-4-5-7-11(13)9-8-10/h4-5,8-10H,6-7H2,1-3H3. The first-order valence-electron chi connectivity index (χ1n) is 4.86. The summed E-state index contributed by atoms with van der Waals surface area (Å²) in [6.45, 7) is 6.63. The van der Waals surface area contributed by atoms with Crippen LogP contribution >= 0.6 is 0 Å². The highest BCUT2D eigenvalue weighted by atomic mass is 16.1. The Bertz CT molecular complexity index is 240. The summed E-state index contributed by atoms with van der Waals surface area (Å²) >= 11 is 0. The monoisotopic (exact) mass is 178 g/mol. The van der Waals surface area contributed by atoms with Crippen molar-refractivity contribution < 1.29 is 4.79 Å². The maximum atomic E-state index is 11.2. The number of hydrogen-bond acceptors (Lipinski definition) is 1. The van der Waals surface area contributed by atoms with Crippen LogP contribution in [0.1, 0.15) is 33.6 Å². The molecule has 0 N–H and O–H groups in total. The van der Waals surface area contributed by atoms with E-state index in [4.69, 9.17) is 0 Å². The SMILES string of the molecule is CC(C)(C)C1C=CC(=O)CC=CC1. The van der Waals surface area contributed by atoms with Crippen molar-refractivity contribution in [2.24, 2.45) is 11.3 Å². The van der Waals surface area contributed by atoms with Crippen molar-refractivity contribution in [1.29, 1.82) is 0 Å². The second-order valence-corrected chi connectivity index (χ2v) is 4.71.